The molecule has 0 bridgehead atoms. The molecule has 1 aromatic heterocycles. The number of H-pyrrole nitrogens is 1. The number of aromatic nitrogens is 2. The number of nitrogens with two attached hydrogens (primary N) is 1. The molecule has 0 saturated heterocycles. The maximum Gasteiger partial charge on any atom is 0.322 e. The minimum absolute atomic E-state index is 0.118. The van der Waals surface area contributed by atoms with Crippen LogP contribution in [0.1, 0.15) is 19.5 Å². The van der Waals surface area contributed by atoms with Gasteiger partial charge in [0.05, 0.1) is 18.9 Å². The van der Waals surface area contributed by atoms with E-state index in [0.717, 1.165) is 0 Å². The van der Waals surface area contributed by atoms with Crippen molar-refractivity contribution < 1.29 is 24.3 Å². The van der Waals surface area contributed by atoms with Gasteiger partial charge >= 0.3 is 5.97 Å². The summed E-state index contributed by atoms with van der Waals surface area (Å²) in [7, 11) is 0. The van der Waals surface area contributed by atoms with E-state index < -0.39 is 48.9 Å². The second-order valence-corrected chi connectivity index (χ2v) is 6.00. The lowest BCUT2D eigenvalue weighted by Gasteiger charge is -2.21. The van der Waals surface area contributed by atoms with Crippen molar-refractivity contribution in [3.63, 3.8) is 0 Å². The Kier molecular flexibility index (Phi) is 8.22. The van der Waals surface area contributed by atoms with Crippen LogP contribution in [-0.4, -0.2) is 63.9 Å². The van der Waals surface area contributed by atoms with E-state index in [4.69, 9.17) is 10.8 Å². The molecule has 1 heterocycles. The fraction of sp³-hybridized carbons (Fsp3) is 0.533. The highest BCUT2D eigenvalue weighted by Gasteiger charge is 2.26. The second kappa shape index (κ2) is 10.1. The highest BCUT2D eigenvalue weighted by atomic mass is 16.4. The lowest BCUT2D eigenvalue weighted by molar-refractivity contribution is -0.138. The number of carbonyl (C=O) groups excluding carboxylic acids is 3. The van der Waals surface area contributed by atoms with E-state index in [-0.39, 0.29) is 12.3 Å². The molecule has 11 nitrogen and oxygen atoms in total. The monoisotopic (exact) mass is 368 g/mol. The lowest BCUT2D eigenvalue weighted by Crippen LogP contribution is -2.54. The molecule has 2 unspecified atom stereocenters. The number of carbonyl (C=O) groups is 4. The zero-order valence-electron chi connectivity index (χ0n) is 14.6. The van der Waals surface area contributed by atoms with Gasteiger partial charge in [0.1, 0.15) is 12.6 Å². The fourth-order valence-electron chi connectivity index (χ4n) is 1.92. The van der Waals surface area contributed by atoms with Gasteiger partial charge in [0.15, 0.2) is 0 Å². The summed E-state index contributed by atoms with van der Waals surface area (Å²) in [6.07, 6.45) is 3.07. The molecule has 11 heteroatoms. The quantitative estimate of drug-likeness (QED) is 0.269. The molecular formula is C15H24N6O5. The molecular weight excluding hydrogens is 344 g/mol. The van der Waals surface area contributed by atoms with Gasteiger partial charge in [-0.1, -0.05) is 13.8 Å². The van der Waals surface area contributed by atoms with Crippen molar-refractivity contribution in [3.05, 3.63) is 18.2 Å². The Balaban J connectivity index is 2.67. The van der Waals surface area contributed by atoms with Gasteiger partial charge in [-0.05, 0) is 5.92 Å². The molecule has 1 rings (SSSR count). The maximum atomic E-state index is 12.3. The standard InChI is InChI=1S/C15H24N6O5/c1-8(2)13(16)15(26)21-10(3-9-4-17-7-20-9)14(25)19-5-11(22)18-6-12(23)24/h4,7-8,10,13H,3,5-6,16H2,1-2H3,(H,17,20)(H,18,22)(H,19,25)(H,21,26)(H,23,24). The number of carboxylic acids is 1. The number of aromatic amines is 1. The van der Waals surface area contributed by atoms with Gasteiger partial charge in [-0.3, -0.25) is 19.2 Å². The van der Waals surface area contributed by atoms with Crippen molar-refractivity contribution in [2.45, 2.75) is 32.4 Å². The third-order valence-corrected chi connectivity index (χ3v) is 3.49. The highest BCUT2D eigenvalue weighted by Crippen LogP contribution is 2.02. The highest BCUT2D eigenvalue weighted by molar-refractivity contribution is 5.92. The third-order valence-electron chi connectivity index (χ3n) is 3.49. The van der Waals surface area contributed by atoms with Crippen LogP contribution in [0.3, 0.4) is 0 Å². The number of hydrogen-bond donors (Lipinski definition) is 6. The van der Waals surface area contributed by atoms with Crippen LogP contribution in [0.5, 0.6) is 0 Å². The molecule has 0 saturated carbocycles. The Morgan fingerprint density at radius 1 is 1.19 bits per heavy atom. The molecule has 0 aliphatic heterocycles. The summed E-state index contributed by atoms with van der Waals surface area (Å²) in [6, 6.07) is -1.76. The smallest absolute Gasteiger partial charge is 0.322 e. The Bertz CT molecular complexity index is 630. The first-order chi connectivity index (χ1) is 12.2. The predicted molar refractivity (Wildman–Crippen MR) is 90.7 cm³/mol. The molecule has 144 valence electrons. The summed E-state index contributed by atoms with van der Waals surface area (Å²) in [5.41, 5.74) is 6.40. The van der Waals surface area contributed by atoms with Gasteiger partial charge in [0.25, 0.3) is 0 Å². The van der Waals surface area contributed by atoms with Crippen LogP contribution in [0.4, 0.5) is 0 Å². The van der Waals surface area contributed by atoms with Gasteiger partial charge in [-0.2, -0.15) is 0 Å². The number of nitrogens with one attached hydrogen (secondary N) is 4. The molecule has 26 heavy (non-hydrogen) atoms. The number of amides is 3. The number of aliphatic carboxylic acids is 1. The summed E-state index contributed by atoms with van der Waals surface area (Å²) in [4.78, 5) is 53.1. The molecule has 0 aliphatic rings. The number of imidazole rings is 1. The maximum absolute atomic E-state index is 12.3. The van der Waals surface area contributed by atoms with Crippen molar-refractivity contribution in [1.82, 2.24) is 25.9 Å². The Hall–Kier alpha value is -2.95. The molecule has 2 atom stereocenters. The number of carboxylic acid groups (broad SMARTS) is 1. The van der Waals surface area contributed by atoms with Crippen molar-refractivity contribution in [3.8, 4) is 0 Å². The lowest BCUT2D eigenvalue weighted by atomic mass is 10.0. The normalized spacial score (nSPS) is 12.9. The van der Waals surface area contributed by atoms with Crippen LogP contribution in [0.15, 0.2) is 12.5 Å². The summed E-state index contributed by atoms with van der Waals surface area (Å²) in [6.45, 7) is 2.59. The van der Waals surface area contributed by atoms with Crippen molar-refractivity contribution >= 4 is 23.7 Å². The van der Waals surface area contributed by atoms with Gasteiger partial charge in [0.2, 0.25) is 17.7 Å². The molecule has 0 aromatic carbocycles. The SMILES string of the molecule is CC(C)C(N)C(=O)NC(Cc1cnc[nH]1)C(=O)NCC(=O)NCC(=O)O. The Morgan fingerprint density at radius 2 is 1.88 bits per heavy atom. The molecule has 1 aromatic rings. The predicted octanol–water partition coefficient (Wildman–Crippen LogP) is -2.26. The van der Waals surface area contributed by atoms with E-state index in [9.17, 15) is 19.2 Å². The third kappa shape index (κ3) is 7.30. The van der Waals surface area contributed by atoms with E-state index in [2.05, 4.69) is 25.9 Å². The zero-order valence-corrected chi connectivity index (χ0v) is 14.6. The van der Waals surface area contributed by atoms with Crippen LogP contribution < -0.4 is 21.7 Å². The van der Waals surface area contributed by atoms with E-state index in [0.29, 0.717) is 5.69 Å². The molecule has 0 radical (unpaired) electrons. The summed E-state index contributed by atoms with van der Waals surface area (Å²) < 4.78 is 0. The van der Waals surface area contributed by atoms with Crippen LogP contribution in [-0.2, 0) is 25.6 Å². The van der Waals surface area contributed by atoms with Crippen molar-refractivity contribution in [1.29, 1.82) is 0 Å². The van der Waals surface area contributed by atoms with Gasteiger partial charge < -0.3 is 31.8 Å². The molecule has 0 fully saturated rings. The fourth-order valence-corrected chi connectivity index (χ4v) is 1.92. The molecule has 0 aliphatic carbocycles. The minimum atomic E-state index is -1.20. The van der Waals surface area contributed by atoms with E-state index in [1.807, 2.05) is 0 Å². The van der Waals surface area contributed by atoms with Crippen molar-refractivity contribution in [2.75, 3.05) is 13.1 Å². The zero-order chi connectivity index (χ0) is 19.7. The average Bonchev–Trinajstić information content (AvgIpc) is 3.09. The molecule has 0 spiro atoms. The molecule has 7 N–H and O–H groups in total. The van der Waals surface area contributed by atoms with Gasteiger partial charge in [-0.15, -0.1) is 0 Å². The van der Waals surface area contributed by atoms with E-state index in [1.165, 1.54) is 12.5 Å². The number of nitrogens with zero attached hydrogens (tertiary/aromatic N) is 1. The Morgan fingerprint density at radius 3 is 2.42 bits per heavy atom. The van der Waals surface area contributed by atoms with Gasteiger partial charge in [0, 0.05) is 18.3 Å². The van der Waals surface area contributed by atoms with Crippen LogP contribution in [0.2, 0.25) is 0 Å². The van der Waals surface area contributed by atoms with Crippen LogP contribution in [0.25, 0.3) is 0 Å². The number of hydrogen-bond acceptors (Lipinski definition) is 6. The van der Waals surface area contributed by atoms with Crippen molar-refractivity contribution in [2.24, 2.45) is 11.7 Å². The first kappa shape index (κ1) is 21.1. The van der Waals surface area contributed by atoms with E-state index in [1.54, 1.807) is 13.8 Å². The van der Waals surface area contributed by atoms with Crippen LogP contribution in [0, 0.1) is 5.92 Å². The first-order valence-corrected chi connectivity index (χ1v) is 8.00. The summed E-state index contributed by atoms with van der Waals surface area (Å²) in [5, 5.41) is 15.5. The Labute approximate surface area is 150 Å². The second-order valence-electron chi connectivity index (χ2n) is 6.00. The summed E-state index contributed by atoms with van der Waals surface area (Å²) >= 11 is 0. The average molecular weight is 368 g/mol. The molecule has 3 amide bonds. The topological polar surface area (TPSA) is 179 Å². The van der Waals surface area contributed by atoms with Crippen LogP contribution >= 0.6 is 0 Å². The largest absolute Gasteiger partial charge is 0.480 e. The van der Waals surface area contributed by atoms with E-state index >= 15 is 0 Å². The summed E-state index contributed by atoms with van der Waals surface area (Å²) in [5.74, 6) is -3.07. The number of rotatable bonds is 10. The first-order valence-electron chi connectivity index (χ1n) is 8.00. The minimum Gasteiger partial charge on any atom is -0.480 e. The van der Waals surface area contributed by atoms with Gasteiger partial charge in [-0.25, -0.2) is 4.98 Å².